The Hall–Kier alpha value is -1.90. The summed E-state index contributed by atoms with van der Waals surface area (Å²) in [4.78, 5) is 19.2. The molecule has 4 nitrogen and oxygen atoms in total. The van der Waals surface area contributed by atoms with Gasteiger partial charge in [-0.15, -0.1) is 5.54 Å². The minimum atomic E-state index is -1.76. The van der Waals surface area contributed by atoms with Crippen molar-refractivity contribution < 1.29 is 5.11 Å². The van der Waals surface area contributed by atoms with Crippen LogP contribution < -0.4 is 5.56 Å². The number of H-pyrrole nitrogens is 1. The maximum Gasteiger partial charge on any atom is 0.264 e. The molecule has 2 aromatic heterocycles. The number of rotatable bonds is 1. The lowest BCUT2D eigenvalue weighted by Crippen LogP contribution is -2.35. The van der Waals surface area contributed by atoms with Crippen LogP contribution in [0.4, 0.5) is 0 Å². The highest BCUT2D eigenvalue weighted by Gasteiger charge is 2.33. The van der Waals surface area contributed by atoms with Crippen LogP contribution in [-0.2, 0) is 6.61 Å². The smallest absolute Gasteiger partial charge is 0.264 e. The van der Waals surface area contributed by atoms with E-state index < -0.39 is 8.07 Å². The third-order valence-electron chi connectivity index (χ3n) is 4.32. The van der Waals surface area contributed by atoms with Crippen molar-refractivity contribution >= 4 is 19.1 Å². The van der Waals surface area contributed by atoms with Crippen LogP contribution in [0, 0.1) is 11.5 Å². The summed E-state index contributed by atoms with van der Waals surface area (Å²) in [5.74, 6) is 3.06. The van der Waals surface area contributed by atoms with Gasteiger partial charge in [-0.3, -0.25) is 9.78 Å². The van der Waals surface area contributed by atoms with Gasteiger partial charge in [-0.2, -0.15) is 0 Å². The fraction of sp³-hybridized carbons (Fsp3) is 0.412. The van der Waals surface area contributed by atoms with Gasteiger partial charge in [-0.05, 0) is 22.7 Å². The molecule has 5 heteroatoms. The van der Waals surface area contributed by atoms with Crippen molar-refractivity contribution in [2.75, 3.05) is 0 Å². The molecule has 2 aromatic rings. The number of hydrogen-bond donors (Lipinski definition) is 2. The quantitative estimate of drug-likeness (QED) is 0.628. The fourth-order valence-corrected chi connectivity index (χ4v) is 2.54. The zero-order valence-electron chi connectivity index (χ0n) is 13.7. The Morgan fingerprint density at radius 3 is 2.59 bits per heavy atom. The number of aromatic amines is 1. The second kappa shape index (κ2) is 5.71. The lowest BCUT2D eigenvalue weighted by molar-refractivity contribution is 0.281. The summed E-state index contributed by atoms with van der Waals surface area (Å²) in [5.41, 5.74) is 5.54. The van der Waals surface area contributed by atoms with Gasteiger partial charge in [0.2, 0.25) is 0 Å². The van der Waals surface area contributed by atoms with Gasteiger partial charge in [0, 0.05) is 6.20 Å². The van der Waals surface area contributed by atoms with Crippen molar-refractivity contribution in [1.82, 2.24) is 9.97 Å². The lowest BCUT2D eigenvalue weighted by Gasteiger charge is -2.31. The zero-order chi connectivity index (χ0) is 16.5. The van der Waals surface area contributed by atoms with Crippen molar-refractivity contribution in [2.45, 2.75) is 45.5 Å². The SMILES string of the molecule is CC(C)(C)[Si](C)(C)C#Cc1cc2ncc(CO)cc2[nH]c1=O. The van der Waals surface area contributed by atoms with Crippen LogP contribution in [0.3, 0.4) is 0 Å². The van der Waals surface area contributed by atoms with Crippen LogP contribution in [0.15, 0.2) is 23.1 Å². The predicted molar refractivity (Wildman–Crippen MR) is 92.4 cm³/mol. The molecule has 0 unspecified atom stereocenters. The first-order chi connectivity index (χ1) is 10.1. The van der Waals surface area contributed by atoms with Crippen LogP contribution >= 0.6 is 0 Å². The summed E-state index contributed by atoms with van der Waals surface area (Å²) >= 11 is 0. The molecule has 116 valence electrons. The molecule has 2 heterocycles. The average molecular weight is 314 g/mol. The summed E-state index contributed by atoms with van der Waals surface area (Å²) < 4.78 is 0. The Balaban J connectivity index is 2.51. The third kappa shape index (κ3) is 3.29. The molecule has 0 spiro atoms. The zero-order valence-corrected chi connectivity index (χ0v) is 14.7. The predicted octanol–water partition coefficient (Wildman–Crippen LogP) is 2.81. The Kier molecular flexibility index (Phi) is 4.27. The van der Waals surface area contributed by atoms with Crippen molar-refractivity contribution in [1.29, 1.82) is 0 Å². The normalized spacial score (nSPS) is 12.1. The Morgan fingerprint density at radius 1 is 1.32 bits per heavy atom. The number of fused-ring (bicyclic) bond motifs is 1. The van der Waals surface area contributed by atoms with Crippen LogP contribution in [-0.4, -0.2) is 23.1 Å². The van der Waals surface area contributed by atoms with E-state index in [0.29, 0.717) is 22.2 Å². The van der Waals surface area contributed by atoms with Gasteiger partial charge < -0.3 is 10.1 Å². The molecule has 2 rings (SSSR count). The van der Waals surface area contributed by atoms with Crippen LogP contribution in [0.25, 0.3) is 11.0 Å². The summed E-state index contributed by atoms with van der Waals surface area (Å²) in [7, 11) is -1.76. The molecule has 22 heavy (non-hydrogen) atoms. The van der Waals surface area contributed by atoms with Crippen molar-refractivity contribution in [2.24, 2.45) is 0 Å². The Bertz CT molecular complexity index is 820. The molecule has 0 saturated heterocycles. The second-order valence-electron chi connectivity index (χ2n) is 7.07. The Morgan fingerprint density at radius 2 is 2.00 bits per heavy atom. The maximum atomic E-state index is 12.2. The molecule has 0 bridgehead atoms. The van der Waals surface area contributed by atoms with Gasteiger partial charge in [0.25, 0.3) is 5.56 Å². The largest absolute Gasteiger partial charge is 0.392 e. The number of hydrogen-bond acceptors (Lipinski definition) is 3. The topological polar surface area (TPSA) is 66.0 Å². The van der Waals surface area contributed by atoms with Crippen molar-refractivity contribution in [3.8, 4) is 11.5 Å². The van der Waals surface area contributed by atoms with E-state index in [1.807, 2.05) is 0 Å². The van der Waals surface area contributed by atoms with Gasteiger partial charge in [0.05, 0.1) is 23.2 Å². The van der Waals surface area contributed by atoms with E-state index in [-0.39, 0.29) is 17.2 Å². The number of aliphatic hydroxyl groups is 1. The Labute approximate surface area is 131 Å². The van der Waals surface area contributed by atoms with E-state index in [0.717, 1.165) is 0 Å². The van der Waals surface area contributed by atoms with Gasteiger partial charge in [-0.25, -0.2) is 0 Å². The maximum absolute atomic E-state index is 12.2. The highest BCUT2D eigenvalue weighted by molar-refractivity contribution is 6.87. The van der Waals surface area contributed by atoms with Crippen molar-refractivity contribution in [3.63, 3.8) is 0 Å². The minimum Gasteiger partial charge on any atom is -0.392 e. The van der Waals surface area contributed by atoms with Crippen molar-refractivity contribution in [3.05, 3.63) is 39.8 Å². The van der Waals surface area contributed by atoms with Gasteiger partial charge in [0.15, 0.2) is 0 Å². The number of nitrogens with zero attached hydrogens (tertiary/aromatic N) is 1. The summed E-state index contributed by atoms with van der Waals surface area (Å²) in [6.45, 7) is 10.9. The average Bonchev–Trinajstić information content (AvgIpc) is 2.43. The highest BCUT2D eigenvalue weighted by Crippen LogP contribution is 2.35. The molecule has 0 aromatic carbocycles. The third-order valence-corrected chi connectivity index (χ3v) is 8.82. The van der Waals surface area contributed by atoms with Gasteiger partial charge in [0.1, 0.15) is 8.07 Å². The lowest BCUT2D eigenvalue weighted by atomic mass is 10.2. The molecule has 0 aliphatic carbocycles. The van der Waals surface area contributed by atoms with E-state index in [2.05, 4.69) is 55.3 Å². The summed E-state index contributed by atoms with van der Waals surface area (Å²) in [6, 6.07) is 3.45. The molecule has 0 aliphatic rings. The van der Waals surface area contributed by atoms with Crippen LogP contribution in [0.1, 0.15) is 31.9 Å². The van der Waals surface area contributed by atoms with E-state index in [1.54, 1.807) is 18.3 Å². The summed E-state index contributed by atoms with van der Waals surface area (Å²) in [5, 5.41) is 9.27. The first-order valence-electron chi connectivity index (χ1n) is 7.30. The molecule has 0 aliphatic heterocycles. The number of pyridine rings is 2. The molecular formula is C17H22N2O2Si. The molecule has 0 fully saturated rings. The van der Waals surface area contributed by atoms with Crippen LogP contribution in [0.2, 0.25) is 18.1 Å². The number of nitrogens with one attached hydrogen (secondary N) is 1. The molecule has 0 atom stereocenters. The molecule has 0 saturated carbocycles. The van der Waals surface area contributed by atoms with E-state index >= 15 is 0 Å². The highest BCUT2D eigenvalue weighted by atomic mass is 28.3. The molecular weight excluding hydrogens is 292 g/mol. The first kappa shape index (κ1) is 16.5. The van der Waals surface area contributed by atoms with E-state index in [1.165, 1.54) is 0 Å². The molecule has 2 N–H and O–H groups in total. The molecule has 0 amide bonds. The first-order valence-corrected chi connectivity index (χ1v) is 10.3. The minimum absolute atomic E-state index is 0.0993. The number of aromatic nitrogens is 2. The fourth-order valence-electron chi connectivity index (χ4n) is 1.72. The standard InChI is InChI=1S/C17H22N2O2Si/c1-17(2,3)22(4,5)7-6-13-9-14-15(19-16(13)21)8-12(11-20)10-18-14/h8-10,20H,11H2,1-5H3,(H,19,21). The van der Waals surface area contributed by atoms with Gasteiger partial charge >= 0.3 is 0 Å². The second-order valence-corrected chi connectivity index (χ2v) is 12.1. The van der Waals surface area contributed by atoms with Gasteiger partial charge in [-0.1, -0.05) is 39.8 Å². The summed E-state index contributed by atoms with van der Waals surface area (Å²) in [6.07, 6.45) is 1.60. The monoisotopic (exact) mass is 314 g/mol. The van der Waals surface area contributed by atoms with E-state index in [4.69, 9.17) is 5.11 Å². The number of aliphatic hydroxyl groups excluding tert-OH is 1. The van der Waals surface area contributed by atoms with E-state index in [9.17, 15) is 4.79 Å². The van der Waals surface area contributed by atoms with Crippen LogP contribution in [0.5, 0.6) is 0 Å². The molecule has 0 radical (unpaired) electrons.